The van der Waals surface area contributed by atoms with E-state index in [2.05, 4.69) is 5.32 Å². The Labute approximate surface area is 154 Å². The minimum atomic E-state index is -2.89. The Hall–Kier alpha value is -3.41. The molecule has 1 aliphatic heterocycles. The summed E-state index contributed by atoms with van der Waals surface area (Å²) in [6.45, 7) is -2.89. The molecular weight excluding hydrogens is 348 g/mol. The van der Waals surface area contributed by atoms with E-state index in [9.17, 15) is 8.78 Å². The van der Waals surface area contributed by atoms with Gasteiger partial charge in [-0.05, 0) is 30.3 Å². The van der Waals surface area contributed by atoms with Crippen molar-refractivity contribution < 1.29 is 13.5 Å². The first-order chi connectivity index (χ1) is 13.2. The number of hydrogen-bond donors (Lipinski definition) is 1. The second kappa shape index (κ2) is 6.09. The fraction of sp³-hybridized carbons (Fsp3) is 0.0952. The predicted molar refractivity (Wildman–Crippen MR) is 100 cm³/mol. The third-order valence-corrected chi connectivity index (χ3v) is 4.74. The predicted octanol–water partition coefficient (Wildman–Crippen LogP) is 5.28. The van der Waals surface area contributed by atoms with Crippen molar-refractivity contribution in [2.75, 3.05) is 5.32 Å². The molecule has 0 aliphatic carbocycles. The number of hydrogen-bond acceptors (Lipinski definition) is 3. The maximum Gasteiger partial charge on any atom is 0.387 e. The van der Waals surface area contributed by atoms with E-state index in [-0.39, 0.29) is 5.75 Å². The van der Waals surface area contributed by atoms with Crippen LogP contribution >= 0.6 is 0 Å². The van der Waals surface area contributed by atoms with Gasteiger partial charge >= 0.3 is 6.61 Å². The molecule has 0 radical (unpaired) electrons. The summed E-state index contributed by atoms with van der Waals surface area (Å²) in [6, 6.07) is 22.5. The summed E-state index contributed by atoms with van der Waals surface area (Å²) >= 11 is 0. The van der Waals surface area contributed by atoms with Gasteiger partial charge in [-0.3, -0.25) is 4.57 Å². The topological polar surface area (TPSA) is 39.1 Å². The maximum atomic E-state index is 12.9. The number of fused-ring (bicyclic) bond motifs is 5. The number of halogens is 2. The maximum absolute atomic E-state index is 12.9. The molecule has 4 nitrogen and oxygen atoms in total. The van der Waals surface area contributed by atoms with Gasteiger partial charge < -0.3 is 10.1 Å². The van der Waals surface area contributed by atoms with Crippen LogP contribution in [-0.4, -0.2) is 16.2 Å². The van der Waals surface area contributed by atoms with Crippen LogP contribution in [0.5, 0.6) is 5.75 Å². The third-order valence-electron chi connectivity index (χ3n) is 4.74. The van der Waals surface area contributed by atoms with E-state index in [4.69, 9.17) is 9.72 Å². The Morgan fingerprint density at radius 3 is 2.56 bits per heavy atom. The number of benzene rings is 3. The first-order valence-electron chi connectivity index (χ1n) is 8.59. The number of nitrogens with one attached hydrogen (secondary N) is 1. The largest absolute Gasteiger partial charge is 0.434 e. The SMILES string of the molecule is FC(F)Oc1ccccc1[C@@H]1Nc2ccccc2-c2nc3ccccc3n21. The van der Waals surface area contributed by atoms with Crippen molar-refractivity contribution in [3.8, 4) is 17.1 Å². The van der Waals surface area contributed by atoms with Crippen molar-refractivity contribution in [3.63, 3.8) is 0 Å². The van der Waals surface area contributed by atoms with Crippen molar-refractivity contribution in [2.45, 2.75) is 12.8 Å². The second-order valence-corrected chi connectivity index (χ2v) is 6.30. The lowest BCUT2D eigenvalue weighted by Gasteiger charge is -2.31. The van der Waals surface area contributed by atoms with Gasteiger partial charge in [0.05, 0.1) is 11.0 Å². The quantitative estimate of drug-likeness (QED) is 0.538. The van der Waals surface area contributed by atoms with Crippen LogP contribution in [0.2, 0.25) is 0 Å². The average molecular weight is 363 g/mol. The summed E-state index contributed by atoms with van der Waals surface area (Å²) in [7, 11) is 0. The highest BCUT2D eigenvalue weighted by Crippen LogP contribution is 2.42. The van der Waals surface area contributed by atoms with Gasteiger partial charge in [0, 0.05) is 16.8 Å². The zero-order chi connectivity index (χ0) is 18.4. The molecule has 0 spiro atoms. The third kappa shape index (κ3) is 2.52. The van der Waals surface area contributed by atoms with E-state index in [1.807, 2.05) is 59.2 Å². The van der Waals surface area contributed by atoms with Crippen LogP contribution < -0.4 is 10.1 Å². The van der Waals surface area contributed by atoms with Crippen molar-refractivity contribution in [1.29, 1.82) is 0 Å². The first kappa shape index (κ1) is 15.8. The number of para-hydroxylation sites is 4. The van der Waals surface area contributed by atoms with E-state index >= 15 is 0 Å². The molecule has 4 aromatic rings. The van der Waals surface area contributed by atoms with Crippen LogP contribution in [0.3, 0.4) is 0 Å². The van der Waals surface area contributed by atoms with Gasteiger partial charge in [-0.15, -0.1) is 0 Å². The number of imidazole rings is 1. The Kier molecular flexibility index (Phi) is 3.57. The standard InChI is InChI=1S/C21H15F2N3O/c22-21(23)27-18-12-6-2-8-14(18)20-24-15-9-3-1-7-13(15)19-25-16-10-4-5-11-17(16)26(19)20/h1-12,20-21,24H/t20-/m1/s1. The molecule has 0 amide bonds. The smallest absolute Gasteiger partial charge is 0.387 e. The minimum Gasteiger partial charge on any atom is -0.434 e. The molecule has 0 saturated carbocycles. The molecule has 27 heavy (non-hydrogen) atoms. The molecule has 1 aromatic heterocycles. The highest BCUT2D eigenvalue weighted by molar-refractivity contribution is 5.86. The van der Waals surface area contributed by atoms with Gasteiger partial charge in [-0.25, -0.2) is 4.98 Å². The van der Waals surface area contributed by atoms with Crippen LogP contribution in [-0.2, 0) is 0 Å². The number of alkyl halides is 2. The molecule has 0 unspecified atom stereocenters. The van der Waals surface area contributed by atoms with Crippen LogP contribution in [0.1, 0.15) is 11.7 Å². The van der Waals surface area contributed by atoms with Crippen molar-refractivity contribution in [3.05, 3.63) is 78.4 Å². The zero-order valence-electron chi connectivity index (χ0n) is 14.1. The summed E-state index contributed by atoms with van der Waals surface area (Å²) in [5, 5.41) is 3.46. The van der Waals surface area contributed by atoms with Crippen LogP contribution in [0, 0.1) is 0 Å². The number of rotatable bonds is 3. The zero-order valence-corrected chi connectivity index (χ0v) is 14.1. The van der Waals surface area contributed by atoms with E-state index in [0.717, 1.165) is 28.1 Å². The Bertz CT molecular complexity index is 1140. The molecule has 0 saturated heterocycles. The van der Waals surface area contributed by atoms with Gasteiger partial charge in [0.1, 0.15) is 17.7 Å². The lowest BCUT2D eigenvalue weighted by atomic mass is 10.0. The Morgan fingerprint density at radius 1 is 0.926 bits per heavy atom. The molecule has 5 rings (SSSR count). The fourth-order valence-corrected chi connectivity index (χ4v) is 3.64. The molecule has 0 fully saturated rings. The van der Waals surface area contributed by atoms with Crippen molar-refractivity contribution >= 4 is 16.7 Å². The molecule has 1 atom stereocenters. The van der Waals surface area contributed by atoms with Gasteiger partial charge in [-0.2, -0.15) is 8.78 Å². The van der Waals surface area contributed by atoms with Crippen molar-refractivity contribution in [2.24, 2.45) is 0 Å². The van der Waals surface area contributed by atoms with E-state index in [1.165, 1.54) is 0 Å². The lowest BCUT2D eigenvalue weighted by molar-refractivity contribution is -0.0506. The first-order valence-corrected chi connectivity index (χ1v) is 8.59. The molecule has 1 N–H and O–H groups in total. The minimum absolute atomic E-state index is 0.146. The van der Waals surface area contributed by atoms with Crippen LogP contribution in [0.15, 0.2) is 72.8 Å². The molecule has 2 heterocycles. The summed E-state index contributed by atoms with van der Waals surface area (Å²) in [5.41, 5.74) is 4.26. The number of anilines is 1. The van der Waals surface area contributed by atoms with E-state index in [0.29, 0.717) is 5.56 Å². The van der Waals surface area contributed by atoms with Gasteiger partial charge in [-0.1, -0.05) is 42.5 Å². The Morgan fingerprint density at radius 2 is 1.67 bits per heavy atom. The molecule has 3 aromatic carbocycles. The summed E-state index contributed by atoms with van der Waals surface area (Å²) in [6.07, 6.45) is -0.419. The normalized spacial score (nSPS) is 15.3. The fourth-order valence-electron chi connectivity index (χ4n) is 3.64. The van der Waals surface area contributed by atoms with Crippen LogP contribution in [0.4, 0.5) is 14.5 Å². The summed E-state index contributed by atoms with van der Waals surface area (Å²) < 4.78 is 32.7. The molecule has 0 bridgehead atoms. The summed E-state index contributed by atoms with van der Waals surface area (Å²) in [4.78, 5) is 4.79. The average Bonchev–Trinajstić information content (AvgIpc) is 3.07. The van der Waals surface area contributed by atoms with E-state index in [1.54, 1.807) is 18.2 Å². The number of aromatic nitrogens is 2. The van der Waals surface area contributed by atoms with E-state index < -0.39 is 12.8 Å². The number of nitrogens with zero attached hydrogens (tertiary/aromatic N) is 2. The second-order valence-electron chi connectivity index (χ2n) is 6.30. The van der Waals surface area contributed by atoms with Crippen LogP contribution in [0.25, 0.3) is 22.4 Å². The molecular formula is C21H15F2N3O. The van der Waals surface area contributed by atoms with Gasteiger partial charge in [0.25, 0.3) is 0 Å². The lowest BCUT2D eigenvalue weighted by Crippen LogP contribution is -2.25. The van der Waals surface area contributed by atoms with Crippen molar-refractivity contribution in [1.82, 2.24) is 9.55 Å². The molecule has 134 valence electrons. The Balaban J connectivity index is 1.77. The molecule has 1 aliphatic rings. The number of ether oxygens (including phenoxy) is 1. The summed E-state index contributed by atoms with van der Waals surface area (Å²) in [5.74, 6) is 0.940. The monoisotopic (exact) mass is 363 g/mol. The highest BCUT2D eigenvalue weighted by Gasteiger charge is 2.30. The van der Waals surface area contributed by atoms with Gasteiger partial charge in [0.15, 0.2) is 0 Å². The highest BCUT2D eigenvalue weighted by atomic mass is 19.3. The van der Waals surface area contributed by atoms with Gasteiger partial charge in [0.2, 0.25) is 0 Å². The molecule has 6 heteroatoms.